The predicted molar refractivity (Wildman–Crippen MR) is 75.2 cm³/mol. The summed E-state index contributed by atoms with van der Waals surface area (Å²) < 4.78 is 26.3. The van der Waals surface area contributed by atoms with Crippen molar-refractivity contribution < 1.29 is 18.3 Å². The Bertz CT molecular complexity index is 726. The molecule has 0 spiro atoms. The number of nitrogens with zero attached hydrogens (tertiary/aromatic N) is 2. The van der Waals surface area contributed by atoms with Crippen LogP contribution < -0.4 is 0 Å². The predicted octanol–water partition coefficient (Wildman–Crippen LogP) is 1.55. The first kappa shape index (κ1) is 15.8. The third-order valence-corrected chi connectivity index (χ3v) is 5.89. The summed E-state index contributed by atoms with van der Waals surface area (Å²) in [5.41, 5.74) is 0.181. The van der Waals surface area contributed by atoms with Crippen LogP contribution in [-0.4, -0.2) is 36.9 Å². The van der Waals surface area contributed by atoms with Crippen molar-refractivity contribution in [1.29, 1.82) is 5.26 Å². The van der Waals surface area contributed by atoms with Crippen LogP contribution in [0.5, 0.6) is 0 Å². The molecule has 8 heteroatoms. The van der Waals surface area contributed by atoms with Crippen LogP contribution >= 0.6 is 11.6 Å². The van der Waals surface area contributed by atoms with E-state index >= 15 is 0 Å². The van der Waals surface area contributed by atoms with Gasteiger partial charge in [0.05, 0.1) is 22.6 Å². The van der Waals surface area contributed by atoms with E-state index in [1.807, 2.05) is 6.07 Å². The van der Waals surface area contributed by atoms with Crippen molar-refractivity contribution in [3.05, 3.63) is 28.8 Å². The summed E-state index contributed by atoms with van der Waals surface area (Å²) in [5, 5.41) is 18.0. The summed E-state index contributed by atoms with van der Waals surface area (Å²) in [6.07, 6.45) is 0. The van der Waals surface area contributed by atoms with Gasteiger partial charge in [0.15, 0.2) is 0 Å². The molecule has 1 aliphatic heterocycles. The monoisotopic (exact) mass is 328 g/mol. The number of hydrogen-bond donors (Lipinski definition) is 1. The molecule has 1 N–H and O–H groups in total. The lowest BCUT2D eigenvalue weighted by Gasteiger charge is -2.17. The molecule has 0 bridgehead atoms. The molecule has 0 radical (unpaired) electrons. The lowest BCUT2D eigenvalue weighted by Crippen LogP contribution is -2.30. The van der Waals surface area contributed by atoms with Gasteiger partial charge in [0.25, 0.3) is 0 Å². The van der Waals surface area contributed by atoms with Gasteiger partial charge in [-0.15, -0.1) is 0 Å². The average Bonchev–Trinajstić information content (AvgIpc) is 2.82. The second-order valence-corrected chi connectivity index (χ2v) is 7.31. The molecule has 6 nitrogen and oxygen atoms in total. The summed E-state index contributed by atoms with van der Waals surface area (Å²) in [5.74, 6) is -2.04. The van der Waals surface area contributed by atoms with Gasteiger partial charge in [-0.1, -0.05) is 18.5 Å². The number of carboxylic acids is 1. The number of hydrogen-bond acceptors (Lipinski definition) is 4. The highest BCUT2D eigenvalue weighted by atomic mass is 35.5. The van der Waals surface area contributed by atoms with Gasteiger partial charge in [-0.3, -0.25) is 4.79 Å². The van der Waals surface area contributed by atoms with E-state index < -0.39 is 21.9 Å². The fourth-order valence-corrected chi connectivity index (χ4v) is 4.42. The standard InChI is InChI=1S/C13H13ClN2O4S/c1-8-6-16(7-10(8)13(17)18)21(19,20)12-4-9(5-15)2-3-11(12)14/h2-4,8,10H,6-7H2,1H3,(H,17,18)/t8-,10-/m1/s1. The van der Waals surface area contributed by atoms with Crippen LogP contribution in [-0.2, 0) is 14.8 Å². The SMILES string of the molecule is C[C@@H]1CN(S(=O)(=O)c2cc(C#N)ccc2Cl)C[C@H]1C(=O)O. The van der Waals surface area contributed by atoms with Crippen LogP contribution in [0.2, 0.25) is 5.02 Å². The molecule has 1 saturated heterocycles. The molecule has 0 aliphatic carbocycles. The quantitative estimate of drug-likeness (QED) is 0.907. The van der Waals surface area contributed by atoms with E-state index in [0.29, 0.717) is 0 Å². The van der Waals surface area contributed by atoms with Gasteiger partial charge in [-0.05, 0) is 24.1 Å². The molecule has 1 aromatic carbocycles. The normalized spacial score (nSPS) is 22.9. The first-order chi connectivity index (χ1) is 9.77. The fourth-order valence-electron chi connectivity index (χ4n) is 2.35. The topological polar surface area (TPSA) is 98.5 Å². The summed E-state index contributed by atoms with van der Waals surface area (Å²) in [6, 6.07) is 5.84. The van der Waals surface area contributed by atoms with E-state index in [1.165, 1.54) is 18.2 Å². The second kappa shape index (κ2) is 5.64. The van der Waals surface area contributed by atoms with Gasteiger partial charge in [0, 0.05) is 13.1 Å². The lowest BCUT2D eigenvalue weighted by molar-refractivity contribution is -0.142. The van der Waals surface area contributed by atoms with Crippen LogP contribution in [0, 0.1) is 23.2 Å². The zero-order valence-electron chi connectivity index (χ0n) is 11.2. The van der Waals surface area contributed by atoms with Crippen molar-refractivity contribution in [3.8, 4) is 6.07 Å². The third-order valence-electron chi connectivity index (χ3n) is 3.57. The first-order valence-electron chi connectivity index (χ1n) is 6.20. The Kier molecular flexibility index (Phi) is 4.23. The molecule has 1 aliphatic rings. The lowest BCUT2D eigenvalue weighted by atomic mass is 9.99. The maximum Gasteiger partial charge on any atom is 0.308 e. The average molecular weight is 329 g/mol. The maximum absolute atomic E-state index is 12.6. The van der Waals surface area contributed by atoms with Crippen molar-refractivity contribution in [3.63, 3.8) is 0 Å². The minimum absolute atomic E-state index is 0.0143. The van der Waals surface area contributed by atoms with E-state index in [9.17, 15) is 13.2 Å². The smallest absolute Gasteiger partial charge is 0.308 e. The molecule has 2 atom stereocenters. The number of sulfonamides is 1. The van der Waals surface area contributed by atoms with Crippen LogP contribution in [0.1, 0.15) is 12.5 Å². The van der Waals surface area contributed by atoms with Crippen molar-refractivity contribution in [2.24, 2.45) is 11.8 Å². The highest BCUT2D eigenvalue weighted by Gasteiger charge is 2.41. The summed E-state index contributed by atoms with van der Waals surface area (Å²) >= 11 is 5.92. The Labute approximate surface area is 127 Å². The second-order valence-electron chi connectivity index (χ2n) is 5.00. The number of carbonyl (C=O) groups is 1. The van der Waals surface area contributed by atoms with Crippen LogP contribution in [0.15, 0.2) is 23.1 Å². The van der Waals surface area contributed by atoms with Gasteiger partial charge >= 0.3 is 5.97 Å². The molecule has 1 fully saturated rings. The van der Waals surface area contributed by atoms with E-state index in [0.717, 1.165) is 4.31 Å². The Morgan fingerprint density at radius 1 is 1.48 bits per heavy atom. The number of benzene rings is 1. The van der Waals surface area contributed by atoms with Gasteiger partial charge in [0.1, 0.15) is 4.90 Å². The minimum Gasteiger partial charge on any atom is -0.481 e. The maximum atomic E-state index is 12.6. The molecule has 112 valence electrons. The van der Waals surface area contributed by atoms with E-state index in [2.05, 4.69) is 0 Å². The van der Waals surface area contributed by atoms with Gasteiger partial charge in [-0.25, -0.2) is 8.42 Å². The highest BCUT2D eigenvalue weighted by molar-refractivity contribution is 7.89. The molecule has 1 aromatic rings. The zero-order chi connectivity index (χ0) is 15.8. The molecule has 0 aromatic heterocycles. The first-order valence-corrected chi connectivity index (χ1v) is 8.01. The number of nitriles is 1. The molecule has 1 heterocycles. The molecular formula is C13H13ClN2O4S. The van der Waals surface area contributed by atoms with Crippen LogP contribution in [0.25, 0.3) is 0 Å². The Balaban J connectivity index is 2.40. The number of aliphatic carboxylic acids is 1. The van der Waals surface area contributed by atoms with Crippen LogP contribution in [0.4, 0.5) is 0 Å². The minimum atomic E-state index is -3.91. The van der Waals surface area contributed by atoms with Crippen molar-refractivity contribution >= 4 is 27.6 Å². The van der Waals surface area contributed by atoms with Crippen molar-refractivity contribution in [1.82, 2.24) is 4.31 Å². The van der Waals surface area contributed by atoms with E-state index in [4.69, 9.17) is 22.0 Å². The Morgan fingerprint density at radius 2 is 2.14 bits per heavy atom. The number of rotatable bonds is 3. The third kappa shape index (κ3) is 2.88. The van der Waals surface area contributed by atoms with Crippen LogP contribution in [0.3, 0.4) is 0 Å². The van der Waals surface area contributed by atoms with Gasteiger partial charge < -0.3 is 5.11 Å². The van der Waals surface area contributed by atoms with E-state index in [1.54, 1.807) is 6.92 Å². The fraction of sp³-hybridized carbons (Fsp3) is 0.385. The largest absolute Gasteiger partial charge is 0.481 e. The number of carboxylic acid groups (broad SMARTS) is 1. The Hall–Kier alpha value is -1.62. The van der Waals surface area contributed by atoms with Crippen molar-refractivity contribution in [2.45, 2.75) is 11.8 Å². The molecular weight excluding hydrogens is 316 g/mol. The number of halogens is 1. The zero-order valence-corrected chi connectivity index (χ0v) is 12.7. The molecule has 21 heavy (non-hydrogen) atoms. The summed E-state index contributed by atoms with van der Waals surface area (Å²) in [4.78, 5) is 10.9. The van der Waals surface area contributed by atoms with E-state index in [-0.39, 0.29) is 34.5 Å². The molecule has 0 saturated carbocycles. The summed E-state index contributed by atoms with van der Waals surface area (Å²) in [7, 11) is -3.91. The summed E-state index contributed by atoms with van der Waals surface area (Å²) in [6.45, 7) is 1.72. The van der Waals surface area contributed by atoms with Gasteiger partial charge in [-0.2, -0.15) is 9.57 Å². The molecule has 0 amide bonds. The highest BCUT2D eigenvalue weighted by Crippen LogP contribution is 2.32. The van der Waals surface area contributed by atoms with Gasteiger partial charge in [0.2, 0.25) is 10.0 Å². The van der Waals surface area contributed by atoms with Crippen molar-refractivity contribution in [2.75, 3.05) is 13.1 Å². The Morgan fingerprint density at radius 3 is 2.67 bits per heavy atom. The molecule has 0 unspecified atom stereocenters. The molecule has 2 rings (SSSR count).